The first-order chi connectivity index (χ1) is 4.59. The number of Topliss-reactive ketones (excluding diaryl/α,β-unsaturated/α-hetero) is 1. The third-order valence-corrected chi connectivity index (χ3v) is 1.33. The smallest absolute Gasteiger partial charge is 0.141 e. The maximum Gasteiger partial charge on any atom is 0.141 e. The Morgan fingerprint density at radius 2 is 2.00 bits per heavy atom. The van der Waals surface area contributed by atoms with E-state index in [1.165, 1.54) is 6.92 Å². The average molecular weight is 143 g/mol. The van der Waals surface area contributed by atoms with E-state index in [1.807, 2.05) is 6.92 Å². The van der Waals surface area contributed by atoms with Crippen molar-refractivity contribution in [2.45, 2.75) is 26.7 Å². The number of rotatable bonds is 4. The van der Waals surface area contributed by atoms with E-state index in [2.05, 4.69) is 0 Å². The first-order valence-corrected chi connectivity index (χ1v) is 3.33. The first-order valence-electron chi connectivity index (χ1n) is 3.33. The first kappa shape index (κ1) is 9.14. The van der Waals surface area contributed by atoms with E-state index in [9.17, 15) is 14.7 Å². The minimum absolute atomic E-state index is 0.248. The van der Waals surface area contributed by atoms with Crippen molar-refractivity contribution in [3.8, 4) is 0 Å². The molecule has 0 N–H and O–H groups in total. The molecular formula is C7H11O3-. The second kappa shape index (κ2) is 4.04. The van der Waals surface area contributed by atoms with Crippen LogP contribution in [0.5, 0.6) is 0 Å². The van der Waals surface area contributed by atoms with Crippen molar-refractivity contribution in [1.82, 2.24) is 0 Å². The monoisotopic (exact) mass is 143 g/mol. The topological polar surface area (TPSA) is 57.2 Å². The molecule has 1 atom stereocenters. The molecule has 3 heteroatoms. The van der Waals surface area contributed by atoms with E-state index in [1.54, 1.807) is 0 Å². The Bertz CT molecular complexity index is 140. The van der Waals surface area contributed by atoms with Crippen molar-refractivity contribution < 1.29 is 14.7 Å². The lowest BCUT2D eigenvalue weighted by Gasteiger charge is -2.09. The highest BCUT2D eigenvalue weighted by atomic mass is 16.4. The quantitative estimate of drug-likeness (QED) is 0.509. The number of aliphatic carboxylic acids is 1. The van der Waals surface area contributed by atoms with Crippen LogP contribution in [-0.2, 0) is 9.59 Å². The normalized spacial score (nSPS) is 12.6. The molecule has 0 radical (unpaired) electrons. The molecule has 0 spiro atoms. The number of hydrogen-bond acceptors (Lipinski definition) is 3. The van der Waals surface area contributed by atoms with Gasteiger partial charge in [-0.3, -0.25) is 4.79 Å². The maximum atomic E-state index is 10.8. The zero-order valence-electron chi connectivity index (χ0n) is 6.22. The molecular weight excluding hydrogens is 132 g/mol. The van der Waals surface area contributed by atoms with Crippen LogP contribution in [0.4, 0.5) is 0 Å². The Morgan fingerprint density at radius 1 is 1.50 bits per heavy atom. The molecule has 0 bridgehead atoms. The van der Waals surface area contributed by atoms with Crippen molar-refractivity contribution in [1.29, 1.82) is 0 Å². The molecule has 10 heavy (non-hydrogen) atoms. The van der Waals surface area contributed by atoms with Gasteiger partial charge < -0.3 is 9.90 Å². The predicted molar refractivity (Wildman–Crippen MR) is 34.1 cm³/mol. The Morgan fingerprint density at radius 3 is 2.30 bits per heavy atom. The number of ketones is 1. The summed E-state index contributed by atoms with van der Waals surface area (Å²) in [6.45, 7) is 3.19. The second-order valence-electron chi connectivity index (χ2n) is 2.26. The van der Waals surface area contributed by atoms with Gasteiger partial charge in [-0.2, -0.15) is 0 Å². The van der Waals surface area contributed by atoms with Crippen molar-refractivity contribution in [3.05, 3.63) is 0 Å². The maximum absolute atomic E-state index is 10.8. The summed E-state index contributed by atoms with van der Waals surface area (Å²) < 4.78 is 0. The molecule has 0 aliphatic carbocycles. The van der Waals surface area contributed by atoms with Crippen LogP contribution in [0.3, 0.4) is 0 Å². The molecule has 0 rings (SSSR count). The number of carboxylic acids is 1. The number of carboxylic acid groups (broad SMARTS) is 1. The van der Waals surface area contributed by atoms with Crippen LogP contribution < -0.4 is 5.11 Å². The summed E-state index contributed by atoms with van der Waals surface area (Å²) in [4.78, 5) is 20.8. The standard InChI is InChI=1S/C7H12O3/c1-3-4-6(8)5(2)7(9)10/h5H,3-4H2,1-2H3,(H,9,10)/p-1. The van der Waals surface area contributed by atoms with Crippen LogP contribution in [0.25, 0.3) is 0 Å². The molecule has 1 unspecified atom stereocenters. The molecule has 0 aromatic carbocycles. The Kier molecular flexibility index (Phi) is 3.69. The van der Waals surface area contributed by atoms with Gasteiger partial charge in [0.25, 0.3) is 0 Å². The number of carbonyl (C=O) groups is 2. The summed E-state index contributed by atoms with van der Waals surface area (Å²) in [5, 5.41) is 10.1. The molecule has 0 fully saturated rings. The summed E-state index contributed by atoms with van der Waals surface area (Å²) in [5.41, 5.74) is 0. The van der Waals surface area contributed by atoms with Crippen LogP contribution >= 0.6 is 0 Å². The van der Waals surface area contributed by atoms with Crippen LogP contribution in [0.2, 0.25) is 0 Å². The van der Waals surface area contributed by atoms with Gasteiger partial charge in [-0.05, 0) is 6.42 Å². The number of hydrogen-bond donors (Lipinski definition) is 0. The summed E-state index contributed by atoms with van der Waals surface area (Å²) in [6.07, 6.45) is 1.02. The summed E-state index contributed by atoms with van der Waals surface area (Å²) >= 11 is 0. The molecule has 0 amide bonds. The van der Waals surface area contributed by atoms with Crippen molar-refractivity contribution in [2.75, 3.05) is 0 Å². The zero-order valence-corrected chi connectivity index (χ0v) is 6.22. The van der Waals surface area contributed by atoms with Crippen molar-refractivity contribution in [2.24, 2.45) is 5.92 Å². The van der Waals surface area contributed by atoms with Gasteiger partial charge in [-0.15, -0.1) is 0 Å². The van der Waals surface area contributed by atoms with Crippen LogP contribution in [0, 0.1) is 5.92 Å². The fourth-order valence-electron chi connectivity index (χ4n) is 0.594. The minimum Gasteiger partial charge on any atom is -0.549 e. The van der Waals surface area contributed by atoms with Crippen molar-refractivity contribution in [3.63, 3.8) is 0 Å². The van der Waals surface area contributed by atoms with Gasteiger partial charge in [0.2, 0.25) is 0 Å². The molecule has 0 saturated carbocycles. The van der Waals surface area contributed by atoms with Crippen LogP contribution in [-0.4, -0.2) is 11.8 Å². The zero-order chi connectivity index (χ0) is 8.15. The molecule has 0 aromatic heterocycles. The van der Waals surface area contributed by atoms with E-state index in [0.29, 0.717) is 12.8 Å². The predicted octanol–water partition coefficient (Wildman–Crippen LogP) is -0.258. The van der Waals surface area contributed by atoms with Gasteiger partial charge in [0.15, 0.2) is 0 Å². The minimum atomic E-state index is -1.28. The summed E-state index contributed by atoms with van der Waals surface area (Å²) in [6, 6.07) is 0. The molecule has 58 valence electrons. The second-order valence-corrected chi connectivity index (χ2v) is 2.26. The SMILES string of the molecule is CCCC(=O)C(C)C(=O)[O-]. The average Bonchev–Trinajstić information content (AvgIpc) is 1.87. The molecule has 0 heterocycles. The van der Waals surface area contributed by atoms with E-state index in [4.69, 9.17) is 0 Å². The lowest BCUT2D eigenvalue weighted by molar-refractivity contribution is -0.309. The molecule has 0 aliphatic heterocycles. The lowest BCUT2D eigenvalue weighted by Crippen LogP contribution is -2.34. The molecule has 0 aromatic rings. The van der Waals surface area contributed by atoms with E-state index in [0.717, 1.165) is 0 Å². The highest BCUT2D eigenvalue weighted by Crippen LogP contribution is 2.00. The third kappa shape index (κ3) is 2.62. The van der Waals surface area contributed by atoms with Crippen LogP contribution in [0.1, 0.15) is 26.7 Å². The van der Waals surface area contributed by atoms with Gasteiger partial charge >= 0.3 is 0 Å². The van der Waals surface area contributed by atoms with Gasteiger partial charge in [-0.1, -0.05) is 13.8 Å². The van der Waals surface area contributed by atoms with E-state index < -0.39 is 11.9 Å². The van der Waals surface area contributed by atoms with Gasteiger partial charge in [0, 0.05) is 6.42 Å². The fraction of sp³-hybridized carbons (Fsp3) is 0.714. The summed E-state index contributed by atoms with van der Waals surface area (Å²) in [7, 11) is 0. The molecule has 3 nitrogen and oxygen atoms in total. The molecule has 0 saturated heterocycles. The van der Waals surface area contributed by atoms with Crippen molar-refractivity contribution >= 4 is 11.8 Å². The molecule has 0 aliphatic rings. The lowest BCUT2D eigenvalue weighted by atomic mass is 10.0. The highest BCUT2D eigenvalue weighted by Gasteiger charge is 2.11. The Hall–Kier alpha value is -0.860. The largest absolute Gasteiger partial charge is 0.549 e. The third-order valence-electron chi connectivity index (χ3n) is 1.33. The van der Waals surface area contributed by atoms with Crippen LogP contribution in [0.15, 0.2) is 0 Å². The van der Waals surface area contributed by atoms with Gasteiger partial charge in [0.1, 0.15) is 5.78 Å². The highest BCUT2D eigenvalue weighted by molar-refractivity contribution is 5.96. The van der Waals surface area contributed by atoms with Gasteiger partial charge in [0.05, 0.1) is 11.9 Å². The van der Waals surface area contributed by atoms with E-state index >= 15 is 0 Å². The Balaban J connectivity index is 3.82. The fourth-order valence-corrected chi connectivity index (χ4v) is 0.594. The van der Waals surface area contributed by atoms with E-state index in [-0.39, 0.29) is 5.78 Å². The summed E-state index contributed by atoms with van der Waals surface area (Å²) in [5.74, 6) is -2.47. The number of carbonyl (C=O) groups excluding carboxylic acids is 2. The van der Waals surface area contributed by atoms with Gasteiger partial charge in [-0.25, -0.2) is 0 Å². The Labute approximate surface area is 60.0 Å².